The highest BCUT2D eigenvalue weighted by Crippen LogP contribution is 2.37. The van der Waals surface area contributed by atoms with Crippen LogP contribution in [0.5, 0.6) is 0 Å². The quantitative estimate of drug-likeness (QED) is 0.0973. The molecule has 1 atom stereocenters. The Balaban J connectivity index is 0.994. The summed E-state index contributed by atoms with van der Waals surface area (Å²) in [5.41, 5.74) is 16.7. The Morgan fingerprint density at radius 3 is 1.05 bits per heavy atom. The lowest BCUT2D eigenvalue weighted by atomic mass is 9.84. The molecule has 8 rings (SSSR count). The van der Waals surface area contributed by atoms with Gasteiger partial charge < -0.3 is 14.4 Å². The average Bonchev–Trinajstić information content (AvgIpc) is 3.27. The Morgan fingerprint density at radius 1 is 0.328 bits per heavy atom. The first-order chi connectivity index (χ1) is 28.6. The van der Waals surface area contributed by atoms with Crippen LogP contribution >= 0.6 is 0 Å². The largest absolute Gasteiger partial charge is 0.372 e. The minimum Gasteiger partial charge on any atom is -0.372 e. The van der Waals surface area contributed by atoms with Crippen LogP contribution in [0.15, 0.2) is 206 Å². The second-order valence-corrected chi connectivity index (χ2v) is 15.0. The van der Waals surface area contributed by atoms with Crippen molar-refractivity contribution in [2.45, 2.75) is 46.2 Å². The van der Waals surface area contributed by atoms with Crippen LogP contribution in [0.25, 0.3) is 11.1 Å². The summed E-state index contributed by atoms with van der Waals surface area (Å²) in [5, 5.41) is 0. The number of benzene rings is 8. The van der Waals surface area contributed by atoms with Crippen molar-refractivity contribution in [1.29, 1.82) is 0 Å². The lowest BCUT2D eigenvalue weighted by Crippen LogP contribution is -2.10. The highest BCUT2D eigenvalue weighted by atomic mass is 16.5. The van der Waals surface area contributed by atoms with Gasteiger partial charge in [-0.15, -0.1) is 0 Å². The molecule has 0 N–H and O–H groups in total. The molecule has 286 valence electrons. The predicted molar refractivity (Wildman–Crippen MR) is 240 cm³/mol. The van der Waals surface area contributed by atoms with Gasteiger partial charge in [0.2, 0.25) is 0 Å². The second kappa shape index (κ2) is 18.6. The summed E-state index contributed by atoms with van der Waals surface area (Å²) in [7, 11) is 0. The molecule has 0 bridgehead atoms. The van der Waals surface area contributed by atoms with Gasteiger partial charge in [0.15, 0.2) is 0 Å². The first-order valence-corrected chi connectivity index (χ1v) is 20.1. The van der Waals surface area contributed by atoms with Crippen LogP contribution in [0.3, 0.4) is 0 Å². The minimum atomic E-state index is 0.112. The van der Waals surface area contributed by atoms with E-state index in [1.807, 2.05) is 24.3 Å². The van der Waals surface area contributed by atoms with Crippen LogP contribution in [0, 0.1) is 13.8 Å². The number of anilines is 3. The number of ether oxygens (including phenoxy) is 2. The molecule has 0 fully saturated rings. The molecule has 8 aromatic rings. The predicted octanol–water partition coefficient (Wildman–Crippen LogP) is 14.1. The van der Waals surface area contributed by atoms with Gasteiger partial charge in [0.25, 0.3) is 0 Å². The van der Waals surface area contributed by atoms with Crippen LogP contribution in [0.4, 0.5) is 17.1 Å². The van der Waals surface area contributed by atoms with E-state index in [2.05, 4.69) is 201 Å². The summed E-state index contributed by atoms with van der Waals surface area (Å²) < 4.78 is 12.1. The molecule has 0 aliphatic carbocycles. The van der Waals surface area contributed by atoms with Crippen LogP contribution in [-0.4, -0.2) is 0 Å². The van der Waals surface area contributed by atoms with Gasteiger partial charge in [0.1, 0.15) is 0 Å². The lowest BCUT2D eigenvalue weighted by molar-refractivity contribution is 0.107. The van der Waals surface area contributed by atoms with Gasteiger partial charge in [-0.25, -0.2) is 0 Å². The van der Waals surface area contributed by atoms with Crippen molar-refractivity contribution in [3.05, 3.63) is 256 Å². The van der Waals surface area contributed by atoms with Gasteiger partial charge in [-0.1, -0.05) is 181 Å². The zero-order valence-electron chi connectivity index (χ0n) is 33.3. The number of hydrogen-bond acceptors (Lipinski definition) is 3. The summed E-state index contributed by atoms with van der Waals surface area (Å²) in [4.78, 5) is 2.31. The molecular weight excluding hydrogens is 707 g/mol. The third-order valence-corrected chi connectivity index (χ3v) is 10.7. The highest BCUT2D eigenvalue weighted by Gasteiger charge is 2.18. The fourth-order valence-corrected chi connectivity index (χ4v) is 7.42. The lowest BCUT2D eigenvalue weighted by Gasteiger charge is -2.26. The number of nitrogens with zero attached hydrogens (tertiary/aromatic N) is 1. The molecular formula is C55H49NO2. The van der Waals surface area contributed by atoms with E-state index in [-0.39, 0.29) is 5.92 Å². The van der Waals surface area contributed by atoms with Crippen LogP contribution in [0.1, 0.15) is 56.0 Å². The third kappa shape index (κ3) is 9.70. The fraction of sp³-hybridized carbons (Fsp3) is 0.127. The average molecular weight is 756 g/mol. The topological polar surface area (TPSA) is 21.7 Å². The molecule has 0 saturated carbocycles. The maximum atomic E-state index is 6.03. The molecule has 0 aliphatic rings. The number of rotatable bonds is 15. The first-order valence-electron chi connectivity index (χ1n) is 20.1. The van der Waals surface area contributed by atoms with E-state index in [0.29, 0.717) is 26.4 Å². The number of hydrogen-bond donors (Lipinski definition) is 0. The molecule has 0 aliphatic heterocycles. The van der Waals surface area contributed by atoms with Crippen LogP contribution in [0.2, 0.25) is 0 Å². The standard InChI is InChI=1S/C55H49NO2/c1-41-13-21-49(22-14-41)55(50-23-17-45(18-24-50)39-57-37-43-9-5-3-6-10-43)51-27-25-47(26-28-51)48-29-35-54(36-30-48)56(52-31-15-42(2)16-32-52)53-33-19-46(20-34-53)40-58-38-44-11-7-4-8-12-44/h3-36,55H,37-40H2,1-2H3. The van der Waals surface area contributed by atoms with E-state index in [9.17, 15) is 0 Å². The Bertz CT molecular complexity index is 2280. The van der Waals surface area contributed by atoms with Gasteiger partial charge in [0.05, 0.1) is 26.4 Å². The Labute approximate surface area is 343 Å². The van der Waals surface area contributed by atoms with Crippen molar-refractivity contribution in [3.63, 3.8) is 0 Å². The molecule has 0 aromatic heterocycles. The molecule has 58 heavy (non-hydrogen) atoms. The Morgan fingerprint density at radius 2 is 0.621 bits per heavy atom. The summed E-state index contributed by atoms with van der Waals surface area (Å²) in [5.74, 6) is 0.112. The zero-order chi connectivity index (χ0) is 39.5. The number of aryl methyl sites for hydroxylation is 2. The maximum absolute atomic E-state index is 6.03. The van der Waals surface area contributed by atoms with Crippen molar-refractivity contribution < 1.29 is 9.47 Å². The van der Waals surface area contributed by atoms with E-state index in [4.69, 9.17) is 9.47 Å². The molecule has 8 aromatic carbocycles. The summed E-state index contributed by atoms with van der Waals surface area (Å²) in [6, 6.07) is 73.9. The van der Waals surface area contributed by atoms with Crippen molar-refractivity contribution in [1.82, 2.24) is 0 Å². The zero-order valence-corrected chi connectivity index (χ0v) is 33.3. The molecule has 0 heterocycles. The Hall–Kier alpha value is -6.52. The van der Waals surface area contributed by atoms with E-state index in [1.165, 1.54) is 55.6 Å². The third-order valence-electron chi connectivity index (χ3n) is 10.7. The molecule has 1 unspecified atom stereocenters. The van der Waals surface area contributed by atoms with Crippen molar-refractivity contribution in [3.8, 4) is 11.1 Å². The molecule has 0 radical (unpaired) electrons. The van der Waals surface area contributed by atoms with Crippen molar-refractivity contribution >= 4 is 17.1 Å². The van der Waals surface area contributed by atoms with Crippen LogP contribution in [-0.2, 0) is 35.9 Å². The van der Waals surface area contributed by atoms with Gasteiger partial charge in [0, 0.05) is 23.0 Å². The SMILES string of the molecule is Cc1ccc(C(c2ccc(COCc3ccccc3)cc2)c2ccc(-c3ccc(N(c4ccc(C)cc4)c4ccc(COCc5ccccc5)cc4)cc3)cc2)cc1. The molecule has 3 heteroatoms. The molecule has 0 saturated heterocycles. The van der Waals surface area contributed by atoms with Gasteiger partial charge in [-0.05, 0) is 100 Å². The molecule has 0 amide bonds. The van der Waals surface area contributed by atoms with Crippen molar-refractivity contribution in [2.24, 2.45) is 0 Å². The summed E-state index contributed by atoms with van der Waals surface area (Å²) in [6.45, 7) is 6.62. The second-order valence-electron chi connectivity index (χ2n) is 15.0. The normalized spacial score (nSPS) is 11.6. The minimum absolute atomic E-state index is 0.112. The monoisotopic (exact) mass is 755 g/mol. The van der Waals surface area contributed by atoms with Gasteiger partial charge >= 0.3 is 0 Å². The summed E-state index contributed by atoms with van der Waals surface area (Å²) in [6.07, 6.45) is 0. The maximum Gasteiger partial charge on any atom is 0.0721 e. The van der Waals surface area contributed by atoms with E-state index in [0.717, 1.165) is 22.6 Å². The summed E-state index contributed by atoms with van der Waals surface area (Å²) >= 11 is 0. The van der Waals surface area contributed by atoms with Gasteiger partial charge in [-0.2, -0.15) is 0 Å². The van der Waals surface area contributed by atoms with Crippen LogP contribution < -0.4 is 4.90 Å². The van der Waals surface area contributed by atoms with E-state index < -0.39 is 0 Å². The van der Waals surface area contributed by atoms with Crippen molar-refractivity contribution in [2.75, 3.05) is 4.90 Å². The highest BCUT2D eigenvalue weighted by molar-refractivity contribution is 5.78. The van der Waals surface area contributed by atoms with E-state index >= 15 is 0 Å². The first kappa shape index (κ1) is 38.4. The smallest absolute Gasteiger partial charge is 0.0721 e. The molecule has 0 spiro atoms. The Kier molecular flexibility index (Phi) is 12.3. The van der Waals surface area contributed by atoms with E-state index in [1.54, 1.807) is 0 Å². The van der Waals surface area contributed by atoms with Gasteiger partial charge in [-0.3, -0.25) is 0 Å². The fourth-order valence-electron chi connectivity index (χ4n) is 7.42. The molecule has 3 nitrogen and oxygen atoms in total.